The van der Waals surface area contributed by atoms with Gasteiger partial charge in [-0.05, 0) is 69.5 Å². The molecule has 3 nitrogen and oxygen atoms in total. The van der Waals surface area contributed by atoms with E-state index in [0.717, 1.165) is 5.69 Å². The fraction of sp³-hybridized carbons (Fsp3) is 0.529. The third-order valence-corrected chi connectivity index (χ3v) is 4.74. The Hall–Kier alpha value is -1.48. The average molecular weight is 271 g/mol. The molecule has 1 fully saturated rings. The Morgan fingerprint density at radius 3 is 2.55 bits per heavy atom. The van der Waals surface area contributed by atoms with Crippen LogP contribution in [0.4, 0.5) is 5.69 Å². The van der Waals surface area contributed by atoms with Crippen LogP contribution < -0.4 is 5.73 Å². The third-order valence-electron chi connectivity index (χ3n) is 4.74. The van der Waals surface area contributed by atoms with Crippen molar-refractivity contribution in [1.29, 1.82) is 0 Å². The van der Waals surface area contributed by atoms with Crippen molar-refractivity contribution in [1.82, 2.24) is 9.47 Å². The van der Waals surface area contributed by atoms with Crippen molar-refractivity contribution in [3.63, 3.8) is 0 Å². The van der Waals surface area contributed by atoms with Crippen LogP contribution in [-0.4, -0.2) is 28.6 Å². The second-order valence-electron chi connectivity index (χ2n) is 6.38. The summed E-state index contributed by atoms with van der Waals surface area (Å²) in [5.41, 5.74) is 9.62. The number of fused-ring (bicyclic) bond motifs is 1. The zero-order chi connectivity index (χ0) is 14.3. The molecule has 3 rings (SSSR count). The van der Waals surface area contributed by atoms with Gasteiger partial charge in [-0.1, -0.05) is 0 Å². The Bertz CT molecular complexity index is 604. The fourth-order valence-corrected chi connectivity index (χ4v) is 3.49. The molecule has 1 aliphatic rings. The van der Waals surface area contributed by atoms with Crippen molar-refractivity contribution in [3.8, 4) is 0 Å². The lowest BCUT2D eigenvalue weighted by molar-refractivity contribution is 0.172. The number of benzene rings is 1. The number of nitrogens with two attached hydrogens (primary N) is 1. The molecule has 2 heterocycles. The van der Waals surface area contributed by atoms with Crippen molar-refractivity contribution >= 4 is 16.6 Å². The van der Waals surface area contributed by atoms with Crippen LogP contribution in [0.1, 0.15) is 38.2 Å². The van der Waals surface area contributed by atoms with E-state index in [1.54, 1.807) is 0 Å². The molecule has 0 radical (unpaired) electrons. The number of anilines is 1. The van der Waals surface area contributed by atoms with Gasteiger partial charge in [-0.3, -0.25) is 0 Å². The molecule has 0 bridgehead atoms. The predicted molar refractivity (Wildman–Crippen MR) is 86.0 cm³/mol. The van der Waals surface area contributed by atoms with E-state index in [0.29, 0.717) is 12.0 Å². The van der Waals surface area contributed by atoms with Gasteiger partial charge in [0.1, 0.15) is 0 Å². The molecule has 1 saturated heterocycles. The van der Waals surface area contributed by atoms with Crippen molar-refractivity contribution in [2.45, 2.75) is 38.6 Å². The number of aromatic nitrogens is 1. The maximum Gasteiger partial charge on any atom is 0.0482 e. The monoisotopic (exact) mass is 271 g/mol. The predicted octanol–water partition coefficient (Wildman–Crippen LogP) is 3.35. The second-order valence-corrected chi connectivity index (χ2v) is 6.38. The van der Waals surface area contributed by atoms with Gasteiger partial charge in [0.15, 0.2) is 0 Å². The Balaban J connectivity index is 1.90. The molecule has 1 aliphatic heterocycles. The lowest BCUT2D eigenvalue weighted by Crippen LogP contribution is -2.37. The van der Waals surface area contributed by atoms with Gasteiger partial charge in [-0.15, -0.1) is 0 Å². The minimum Gasteiger partial charge on any atom is -0.399 e. The summed E-state index contributed by atoms with van der Waals surface area (Å²) < 4.78 is 2.24. The maximum atomic E-state index is 5.98. The number of hydrogen-bond donors (Lipinski definition) is 1. The van der Waals surface area contributed by atoms with E-state index >= 15 is 0 Å². The number of likely N-dealkylation sites (tertiary alicyclic amines) is 1. The minimum atomic E-state index is 0.666. The van der Waals surface area contributed by atoms with Crippen LogP contribution in [0, 0.1) is 0 Å². The van der Waals surface area contributed by atoms with Gasteiger partial charge in [0.05, 0.1) is 0 Å². The highest BCUT2D eigenvalue weighted by molar-refractivity contribution is 5.87. The highest BCUT2D eigenvalue weighted by Gasteiger charge is 2.24. The lowest BCUT2D eigenvalue weighted by atomic mass is 9.88. The number of nitrogens with zero attached hydrogens (tertiary/aromatic N) is 2. The minimum absolute atomic E-state index is 0.666. The Morgan fingerprint density at radius 2 is 1.90 bits per heavy atom. The van der Waals surface area contributed by atoms with E-state index in [1.165, 1.54) is 42.4 Å². The van der Waals surface area contributed by atoms with Crippen molar-refractivity contribution in [3.05, 3.63) is 30.0 Å². The van der Waals surface area contributed by atoms with Gasteiger partial charge >= 0.3 is 0 Å². The Labute approximate surface area is 121 Å². The third kappa shape index (κ3) is 2.31. The molecule has 3 heteroatoms. The molecule has 0 unspecified atom stereocenters. The fourth-order valence-electron chi connectivity index (χ4n) is 3.49. The molecule has 0 aliphatic carbocycles. The van der Waals surface area contributed by atoms with Gasteiger partial charge in [0, 0.05) is 35.9 Å². The van der Waals surface area contributed by atoms with Gasteiger partial charge in [0.2, 0.25) is 0 Å². The molecule has 20 heavy (non-hydrogen) atoms. The smallest absolute Gasteiger partial charge is 0.0482 e. The van der Waals surface area contributed by atoms with Crippen molar-refractivity contribution in [2.24, 2.45) is 7.05 Å². The maximum absolute atomic E-state index is 5.98. The summed E-state index contributed by atoms with van der Waals surface area (Å²) in [6, 6.07) is 6.93. The van der Waals surface area contributed by atoms with Gasteiger partial charge in [0.25, 0.3) is 0 Å². The van der Waals surface area contributed by atoms with Crippen LogP contribution in [0.3, 0.4) is 0 Å². The van der Waals surface area contributed by atoms with Crippen molar-refractivity contribution < 1.29 is 0 Å². The van der Waals surface area contributed by atoms with E-state index in [4.69, 9.17) is 5.73 Å². The molecule has 0 saturated carbocycles. The molecular formula is C17H25N3. The highest BCUT2D eigenvalue weighted by Crippen LogP contribution is 2.35. The first-order valence-electron chi connectivity index (χ1n) is 7.64. The molecule has 2 N–H and O–H groups in total. The average Bonchev–Trinajstić information content (AvgIpc) is 2.75. The summed E-state index contributed by atoms with van der Waals surface area (Å²) in [7, 11) is 2.13. The Kier molecular flexibility index (Phi) is 3.47. The van der Waals surface area contributed by atoms with Crippen LogP contribution in [0.5, 0.6) is 0 Å². The SMILES string of the molecule is CC(C)N1CCC(c2cn(C)c3ccc(N)cc23)CC1. The van der Waals surface area contributed by atoms with E-state index in [2.05, 4.69) is 48.7 Å². The normalized spacial score (nSPS) is 18.2. The van der Waals surface area contributed by atoms with Crippen LogP contribution in [0.15, 0.2) is 24.4 Å². The zero-order valence-electron chi connectivity index (χ0n) is 12.8. The number of rotatable bonds is 2. The number of hydrogen-bond acceptors (Lipinski definition) is 2. The van der Waals surface area contributed by atoms with Gasteiger partial charge in [-0.25, -0.2) is 0 Å². The summed E-state index contributed by atoms with van der Waals surface area (Å²) in [6.45, 7) is 7.00. The summed E-state index contributed by atoms with van der Waals surface area (Å²) in [6.07, 6.45) is 4.82. The molecule has 2 aromatic rings. The quantitative estimate of drug-likeness (QED) is 0.850. The van der Waals surface area contributed by atoms with Crippen LogP contribution in [0.2, 0.25) is 0 Å². The largest absolute Gasteiger partial charge is 0.399 e. The molecule has 0 atom stereocenters. The Morgan fingerprint density at radius 1 is 1.20 bits per heavy atom. The topological polar surface area (TPSA) is 34.2 Å². The highest BCUT2D eigenvalue weighted by atomic mass is 15.1. The molecule has 1 aromatic heterocycles. The molecule has 0 spiro atoms. The van der Waals surface area contributed by atoms with E-state index in [9.17, 15) is 0 Å². The van der Waals surface area contributed by atoms with Crippen LogP contribution in [0.25, 0.3) is 10.9 Å². The first-order valence-corrected chi connectivity index (χ1v) is 7.64. The first kappa shape index (κ1) is 13.5. The van der Waals surface area contributed by atoms with E-state index in [-0.39, 0.29) is 0 Å². The standard InChI is InChI=1S/C17H25N3/c1-12(2)20-8-6-13(7-9-20)16-11-19(3)17-5-4-14(18)10-15(16)17/h4-5,10-13H,6-9,18H2,1-3H3. The van der Waals surface area contributed by atoms with Gasteiger partial charge in [-0.2, -0.15) is 0 Å². The second kappa shape index (κ2) is 5.13. The van der Waals surface area contributed by atoms with Crippen LogP contribution in [-0.2, 0) is 7.05 Å². The zero-order valence-corrected chi connectivity index (χ0v) is 12.8. The van der Waals surface area contributed by atoms with Gasteiger partial charge < -0.3 is 15.2 Å². The molecular weight excluding hydrogens is 246 g/mol. The first-order chi connectivity index (χ1) is 9.56. The number of nitrogen functional groups attached to an aromatic ring is 1. The summed E-state index contributed by atoms with van der Waals surface area (Å²) in [5.74, 6) is 0.676. The summed E-state index contributed by atoms with van der Waals surface area (Å²) >= 11 is 0. The number of aryl methyl sites for hydroxylation is 1. The molecule has 108 valence electrons. The van der Waals surface area contributed by atoms with Crippen molar-refractivity contribution in [2.75, 3.05) is 18.8 Å². The summed E-state index contributed by atoms with van der Waals surface area (Å²) in [4.78, 5) is 2.58. The number of piperidine rings is 1. The molecule has 0 amide bonds. The summed E-state index contributed by atoms with van der Waals surface area (Å²) in [5, 5.41) is 1.34. The lowest BCUT2D eigenvalue weighted by Gasteiger charge is -2.34. The van der Waals surface area contributed by atoms with E-state index in [1.807, 2.05) is 6.07 Å². The van der Waals surface area contributed by atoms with E-state index < -0.39 is 0 Å². The molecule has 1 aromatic carbocycles. The van der Waals surface area contributed by atoms with Crippen LogP contribution >= 0.6 is 0 Å².